The van der Waals surface area contributed by atoms with E-state index in [9.17, 15) is 26.7 Å². The highest BCUT2D eigenvalue weighted by Crippen LogP contribution is 2.39. The van der Waals surface area contributed by atoms with Gasteiger partial charge in [-0.2, -0.15) is 13.2 Å². The number of carbonyl (C=O) groups is 1. The van der Waals surface area contributed by atoms with Crippen molar-refractivity contribution in [3.05, 3.63) is 77.0 Å². The molecule has 0 saturated carbocycles. The monoisotopic (exact) mass is 532 g/mol. The van der Waals surface area contributed by atoms with Crippen molar-refractivity contribution in [2.24, 2.45) is 0 Å². The Hall–Kier alpha value is -2.95. The van der Waals surface area contributed by atoms with Crippen LogP contribution < -0.4 is 5.32 Å². The van der Waals surface area contributed by atoms with E-state index in [1.807, 2.05) is 0 Å². The van der Waals surface area contributed by atoms with E-state index in [-0.39, 0.29) is 16.9 Å². The summed E-state index contributed by atoms with van der Waals surface area (Å²) in [7, 11) is 0. The lowest BCUT2D eigenvalue weighted by Crippen LogP contribution is -2.32. The van der Waals surface area contributed by atoms with Gasteiger partial charge in [0.05, 0.1) is 16.8 Å². The molecule has 1 amide bonds. The largest absolute Gasteiger partial charge is 0.772 e. The molecule has 1 N–H and O–H groups in total. The van der Waals surface area contributed by atoms with E-state index in [0.29, 0.717) is 35.6 Å². The second-order valence-electron chi connectivity index (χ2n) is 9.25. The van der Waals surface area contributed by atoms with Crippen LogP contribution in [0.25, 0.3) is 11.3 Å². The van der Waals surface area contributed by atoms with Crippen molar-refractivity contribution in [2.45, 2.75) is 44.7 Å². The lowest BCUT2D eigenvalue weighted by molar-refractivity contribution is -0.137. The molecule has 4 rings (SSSR count). The number of aromatic nitrogens is 1. The summed E-state index contributed by atoms with van der Waals surface area (Å²) in [5.41, 5.74) is 1.47. The minimum atomic E-state index is -4.54. The number of amides is 1. The topological polar surface area (TPSA) is 77.4 Å². The number of halogens is 3. The lowest BCUT2D eigenvalue weighted by Gasteiger charge is -2.27. The van der Waals surface area contributed by atoms with Crippen LogP contribution in [0, 0.1) is 6.92 Å². The zero-order valence-electron chi connectivity index (χ0n) is 20.5. The van der Waals surface area contributed by atoms with Gasteiger partial charge in [0.15, 0.2) is 0 Å². The third-order valence-electron chi connectivity index (χ3n) is 6.67. The van der Waals surface area contributed by atoms with Gasteiger partial charge < -0.3 is 19.3 Å². The number of piperidine rings is 1. The first-order chi connectivity index (χ1) is 17.6. The predicted octanol–water partition coefficient (Wildman–Crippen LogP) is 5.60. The summed E-state index contributed by atoms with van der Waals surface area (Å²) in [6.45, 7) is 4.72. The minimum Gasteiger partial charge on any atom is -0.772 e. The van der Waals surface area contributed by atoms with Crippen molar-refractivity contribution in [1.82, 2.24) is 9.47 Å². The third kappa shape index (κ3) is 6.68. The van der Waals surface area contributed by atoms with Crippen LogP contribution in [-0.4, -0.2) is 43.8 Å². The summed E-state index contributed by atoms with van der Waals surface area (Å²) in [4.78, 5) is 15.5. The SMILES string of the molecule is Cc1c(C(=O)Nc2ccc(CS(=O)[O-])cc2)cn(CCN2CCCCC2)c1-c1ccccc1C(F)(F)F. The Morgan fingerprint density at radius 3 is 2.35 bits per heavy atom. The first-order valence-corrected chi connectivity index (χ1v) is 13.4. The third-order valence-corrected chi connectivity index (χ3v) is 7.23. The zero-order valence-corrected chi connectivity index (χ0v) is 21.3. The smallest absolute Gasteiger partial charge is 0.417 e. The summed E-state index contributed by atoms with van der Waals surface area (Å²) in [5, 5.41) is 2.78. The lowest BCUT2D eigenvalue weighted by atomic mass is 10.00. The molecule has 1 fully saturated rings. The highest BCUT2D eigenvalue weighted by atomic mass is 32.2. The van der Waals surface area contributed by atoms with E-state index >= 15 is 0 Å². The van der Waals surface area contributed by atoms with Crippen LogP contribution in [0.4, 0.5) is 18.9 Å². The molecule has 3 aromatic rings. The number of nitrogens with zero attached hydrogens (tertiary/aromatic N) is 2. The molecule has 2 aromatic carbocycles. The number of anilines is 1. The minimum absolute atomic E-state index is 0.0418. The molecule has 1 atom stereocenters. The van der Waals surface area contributed by atoms with E-state index in [1.54, 1.807) is 48.0 Å². The molecule has 1 saturated heterocycles. The molecule has 0 bridgehead atoms. The van der Waals surface area contributed by atoms with Gasteiger partial charge in [-0.1, -0.05) is 47.8 Å². The number of hydrogen-bond acceptors (Lipinski definition) is 4. The molecular formula is C27H29F3N3O3S-. The molecular weight excluding hydrogens is 503 g/mol. The molecule has 0 radical (unpaired) electrons. The number of carbonyl (C=O) groups excluding carboxylic acids is 1. The van der Waals surface area contributed by atoms with Gasteiger partial charge in [-0.05, 0) is 62.2 Å². The van der Waals surface area contributed by atoms with Crippen LogP contribution >= 0.6 is 0 Å². The van der Waals surface area contributed by atoms with Crippen LogP contribution in [0.15, 0.2) is 54.7 Å². The van der Waals surface area contributed by atoms with Crippen molar-refractivity contribution in [2.75, 3.05) is 25.0 Å². The average Bonchev–Trinajstić information content (AvgIpc) is 3.19. The van der Waals surface area contributed by atoms with Gasteiger partial charge in [0.1, 0.15) is 0 Å². The Morgan fingerprint density at radius 1 is 1.03 bits per heavy atom. The molecule has 10 heteroatoms. The molecule has 1 unspecified atom stereocenters. The van der Waals surface area contributed by atoms with Crippen LogP contribution in [0.3, 0.4) is 0 Å². The Bertz CT molecular complexity index is 1270. The Balaban J connectivity index is 1.67. The fraction of sp³-hybridized carbons (Fsp3) is 0.370. The predicted molar refractivity (Wildman–Crippen MR) is 137 cm³/mol. The Kier molecular flexibility index (Phi) is 8.51. The van der Waals surface area contributed by atoms with Gasteiger partial charge in [0.25, 0.3) is 5.91 Å². The number of nitrogens with one attached hydrogen (secondary N) is 1. The molecule has 1 aliphatic rings. The molecule has 2 heterocycles. The van der Waals surface area contributed by atoms with E-state index in [0.717, 1.165) is 32.0 Å². The first-order valence-electron chi connectivity index (χ1n) is 12.2. The zero-order chi connectivity index (χ0) is 26.6. The van der Waals surface area contributed by atoms with Gasteiger partial charge in [-0.15, -0.1) is 0 Å². The number of benzene rings is 2. The summed E-state index contributed by atoms with van der Waals surface area (Å²) < 4.78 is 65.3. The molecule has 0 aliphatic carbocycles. The van der Waals surface area contributed by atoms with Gasteiger partial charge in [-0.3, -0.25) is 9.00 Å². The quantitative estimate of drug-likeness (QED) is 0.383. The molecule has 1 aliphatic heterocycles. The Morgan fingerprint density at radius 2 is 1.70 bits per heavy atom. The van der Waals surface area contributed by atoms with Gasteiger partial charge in [-0.25, -0.2) is 0 Å². The van der Waals surface area contributed by atoms with E-state index < -0.39 is 28.7 Å². The first kappa shape index (κ1) is 27.1. The van der Waals surface area contributed by atoms with Crippen LogP contribution in [-0.2, 0) is 29.6 Å². The number of hydrogen-bond donors (Lipinski definition) is 1. The van der Waals surface area contributed by atoms with Crippen molar-refractivity contribution in [3.8, 4) is 11.3 Å². The van der Waals surface area contributed by atoms with Crippen molar-refractivity contribution < 1.29 is 26.7 Å². The van der Waals surface area contributed by atoms with Crippen molar-refractivity contribution in [3.63, 3.8) is 0 Å². The molecule has 1 aromatic heterocycles. The van der Waals surface area contributed by atoms with Crippen molar-refractivity contribution in [1.29, 1.82) is 0 Å². The fourth-order valence-electron chi connectivity index (χ4n) is 4.81. The highest BCUT2D eigenvalue weighted by molar-refractivity contribution is 7.78. The van der Waals surface area contributed by atoms with E-state index in [1.165, 1.54) is 18.6 Å². The van der Waals surface area contributed by atoms with Crippen LogP contribution in [0.1, 0.15) is 46.3 Å². The summed E-state index contributed by atoms with van der Waals surface area (Å²) in [6.07, 6.45) is 0.482. The Labute approximate surface area is 216 Å². The molecule has 6 nitrogen and oxygen atoms in total. The standard InChI is InChI=1S/C27H30F3N3O3S/c1-19-23(26(34)31-21-11-9-20(10-12-21)18-37(35)36)17-33(16-15-32-13-5-2-6-14-32)25(19)22-7-3-4-8-24(22)27(28,29)30/h3-4,7-12,17H,2,5-6,13-16,18H2,1H3,(H,31,34)(H,35,36)/p-1. The van der Waals surface area contributed by atoms with Gasteiger partial charge >= 0.3 is 6.18 Å². The second-order valence-corrected chi connectivity index (χ2v) is 10.2. The maximum Gasteiger partial charge on any atom is 0.417 e. The molecule has 37 heavy (non-hydrogen) atoms. The summed E-state index contributed by atoms with van der Waals surface area (Å²) in [6, 6.07) is 11.9. The number of rotatable bonds is 8. The van der Waals surface area contributed by atoms with Gasteiger partial charge in [0.2, 0.25) is 0 Å². The van der Waals surface area contributed by atoms with Crippen LogP contribution in [0.2, 0.25) is 0 Å². The fourth-order valence-corrected chi connectivity index (χ4v) is 5.27. The van der Waals surface area contributed by atoms with Gasteiger partial charge in [0, 0.05) is 36.3 Å². The maximum absolute atomic E-state index is 13.9. The maximum atomic E-state index is 13.9. The second kappa shape index (κ2) is 11.6. The number of alkyl halides is 3. The summed E-state index contributed by atoms with van der Waals surface area (Å²) in [5.74, 6) is -0.574. The van der Waals surface area contributed by atoms with E-state index in [2.05, 4.69) is 10.2 Å². The molecule has 198 valence electrons. The summed E-state index contributed by atoms with van der Waals surface area (Å²) >= 11 is -2.22. The van der Waals surface area contributed by atoms with Crippen LogP contribution in [0.5, 0.6) is 0 Å². The van der Waals surface area contributed by atoms with Crippen molar-refractivity contribution >= 4 is 22.7 Å². The normalized spacial score (nSPS) is 15.5. The average molecular weight is 533 g/mol. The molecule has 0 spiro atoms. The number of likely N-dealkylation sites (tertiary alicyclic amines) is 1. The highest BCUT2D eigenvalue weighted by Gasteiger charge is 2.35. The van der Waals surface area contributed by atoms with E-state index in [4.69, 9.17) is 0 Å².